The van der Waals surface area contributed by atoms with Crippen LogP contribution in [0.3, 0.4) is 0 Å². The number of hydrogen-bond acceptors (Lipinski definition) is 5. The number of methoxy groups -OCH3 is 2. The molecular weight excluding hydrogens is 536 g/mol. The zero-order chi connectivity index (χ0) is 29.5. The summed E-state index contributed by atoms with van der Waals surface area (Å²) in [5.41, 5.74) is 7.47. The van der Waals surface area contributed by atoms with Gasteiger partial charge in [0.15, 0.2) is 0 Å². The third-order valence-corrected chi connectivity index (χ3v) is 7.76. The lowest BCUT2D eigenvalue weighted by Crippen LogP contribution is -1.98. The van der Waals surface area contributed by atoms with Crippen LogP contribution in [0.2, 0.25) is 0 Å². The number of rotatable bonds is 7. The molecule has 4 aromatic carbocycles. The zero-order valence-electron chi connectivity index (χ0n) is 24.4. The summed E-state index contributed by atoms with van der Waals surface area (Å²) in [4.78, 5) is 4.66. The number of benzene rings is 4. The summed E-state index contributed by atoms with van der Waals surface area (Å²) in [6.45, 7) is 4.19. The average molecular weight is 567 g/mol. The highest BCUT2D eigenvalue weighted by molar-refractivity contribution is 6.09. The molecule has 0 saturated carbocycles. The van der Waals surface area contributed by atoms with Crippen LogP contribution in [0, 0.1) is 13.8 Å². The summed E-state index contributed by atoms with van der Waals surface area (Å²) < 4.78 is 21.4. The Labute approximate surface area is 249 Å². The number of hydrogen-bond donors (Lipinski definition) is 0. The smallest absolute Gasteiger partial charge is 0.141 e. The van der Waals surface area contributed by atoms with Gasteiger partial charge in [-0.15, -0.1) is 0 Å². The highest BCUT2D eigenvalue weighted by atomic mass is 16.5. The van der Waals surface area contributed by atoms with Crippen LogP contribution in [0.15, 0.2) is 110 Å². The summed E-state index contributed by atoms with van der Waals surface area (Å²) in [6, 6.07) is 30.3. The van der Waals surface area contributed by atoms with Crippen LogP contribution in [0.1, 0.15) is 11.1 Å². The van der Waals surface area contributed by atoms with Crippen molar-refractivity contribution in [1.82, 2.24) is 19.3 Å². The van der Waals surface area contributed by atoms with Crippen LogP contribution in [-0.2, 0) is 0 Å². The van der Waals surface area contributed by atoms with Crippen molar-refractivity contribution in [3.8, 4) is 45.6 Å². The monoisotopic (exact) mass is 566 g/mol. The van der Waals surface area contributed by atoms with Crippen LogP contribution < -0.4 is 14.2 Å². The normalized spacial score (nSPS) is 11.3. The van der Waals surface area contributed by atoms with Gasteiger partial charge in [-0.3, -0.25) is 4.57 Å². The first kappa shape index (κ1) is 26.3. The van der Waals surface area contributed by atoms with Gasteiger partial charge in [-0.2, -0.15) is 5.10 Å². The van der Waals surface area contributed by atoms with Crippen molar-refractivity contribution in [2.24, 2.45) is 0 Å². The molecule has 0 spiro atoms. The van der Waals surface area contributed by atoms with Crippen molar-refractivity contribution in [3.05, 3.63) is 121 Å². The van der Waals surface area contributed by atoms with E-state index in [1.54, 1.807) is 20.4 Å². The minimum atomic E-state index is 0.716. The van der Waals surface area contributed by atoms with Crippen LogP contribution in [0.25, 0.3) is 44.4 Å². The van der Waals surface area contributed by atoms with E-state index in [1.165, 1.54) is 0 Å². The Bertz CT molecular complexity index is 2100. The van der Waals surface area contributed by atoms with Gasteiger partial charge in [-0.1, -0.05) is 24.3 Å². The Morgan fingerprint density at radius 1 is 0.651 bits per heavy atom. The molecule has 0 aliphatic heterocycles. The van der Waals surface area contributed by atoms with E-state index >= 15 is 0 Å². The molecule has 7 heteroatoms. The SMILES string of the molecule is COc1ccnc(-n2c3ccccc3c3ccc(Oc4cccc(-n5cc(-c6c(C)cc(OC)cc6C)cn5)c4)cc32)c1. The average Bonchev–Trinajstić information content (AvgIpc) is 3.64. The Hall–Kier alpha value is -5.56. The molecule has 0 N–H and O–H groups in total. The van der Waals surface area contributed by atoms with E-state index in [9.17, 15) is 0 Å². The third-order valence-electron chi connectivity index (χ3n) is 7.76. The first-order chi connectivity index (χ1) is 21.0. The number of pyridine rings is 1. The number of fused-ring (bicyclic) bond motifs is 3. The fraction of sp³-hybridized carbons (Fsp3) is 0.111. The molecule has 7 nitrogen and oxygen atoms in total. The minimum absolute atomic E-state index is 0.716. The van der Waals surface area contributed by atoms with Gasteiger partial charge in [0.2, 0.25) is 0 Å². The van der Waals surface area contributed by atoms with Crippen LogP contribution in [-0.4, -0.2) is 33.6 Å². The predicted molar refractivity (Wildman–Crippen MR) is 170 cm³/mol. The summed E-state index contributed by atoms with van der Waals surface area (Å²) in [5, 5.41) is 6.94. The predicted octanol–water partition coefficient (Wildman–Crippen LogP) is 8.46. The molecule has 0 radical (unpaired) electrons. The first-order valence-corrected chi connectivity index (χ1v) is 14.0. The summed E-state index contributed by atoms with van der Waals surface area (Å²) in [6.07, 6.45) is 5.71. The standard InChI is InChI=1S/C36H30N4O3/c1-23-16-30(42-4)17-24(2)36(23)25-21-38-39(22-25)26-8-7-9-28(18-26)43-29-12-13-32-31-10-5-6-11-33(31)40(34(32)19-29)35-20-27(41-3)14-15-37-35/h5-22H,1-4H3. The fourth-order valence-corrected chi connectivity index (χ4v) is 5.83. The lowest BCUT2D eigenvalue weighted by atomic mass is 9.98. The van der Waals surface area contributed by atoms with Gasteiger partial charge >= 0.3 is 0 Å². The number of aromatic nitrogens is 4. The third kappa shape index (κ3) is 4.75. The van der Waals surface area contributed by atoms with Crippen molar-refractivity contribution >= 4 is 21.8 Å². The van der Waals surface area contributed by atoms with Crippen molar-refractivity contribution in [1.29, 1.82) is 0 Å². The number of nitrogens with zero attached hydrogens (tertiary/aromatic N) is 4. The van der Waals surface area contributed by atoms with Gasteiger partial charge in [-0.05, 0) is 79.1 Å². The molecule has 0 fully saturated rings. The van der Waals surface area contributed by atoms with E-state index in [0.717, 1.165) is 72.8 Å². The summed E-state index contributed by atoms with van der Waals surface area (Å²) >= 11 is 0. The number of para-hydroxylation sites is 1. The molecule has 43 heavy (non-hydrogen) atoms. The maximum Gasteiger partial charge on any atom is 0.141 e. The van der Waals surface area contributed by atoms with Gasteiger partial charge in [0.05, 0.1) is 37.1 Å². The number of aryl methyl sites for hydroxylation is 2. The largest absolute Gasteiger partial charge is 0.497 e. The van der Waals surface area contributed by atoms with Crippen LogP contribution >= 0.6 is 0 Å². The van der Waals surface area contributed by atoms with Gasteiger partial charge in [0.25, 0.3) is 0 Å². The molecule has 0 saturated heterocycles. The Morgan fingerprint density at radius 2 is 1.42 bits per heavy atom. The van der Waals surface area contributed by atoms with Gasteiger partial charge in [0, 0.05) is 46.9 Å². The van der Waals surface area contributed by atoms with Crippen molar-refractivity contribution in [3.63, 3.8) is 0 Å². The molecule has 212 valence electrons. The van der Waals surface area contributed by atoms with E-state index < -0.39 is 0 Å². The second-order valence-electron chi connectivity index (χ2n) is 10.5. The molecule has 7 aromatic rings. The fourth-order valence-electron chi connectivity index (χ4n) is 5.83. The maximum absolute atomic E-state index is 6.42. The van der Waals surface area contributed by atoms with Crippen LogP contribution in [0.4, 0.5) is 0 Å². The van der Waals surface area contributed by atoms with Gasteiger partial charge < -0.3 is 14.2 Å². The van der Waals surface area contributed by atoms with Crippen molar-refractivity contribution < 1.29 is 14.2 Å². The van der Waals surface area contributed by atoms with Gasteiger partial charge in [-0.25, -0.2) is 9.67 Å². The van der Waals surface area contributed by atoms with E-state index in [2.05, 4.69) is 71.0 Å². The van der Waals surface area contributed by atoms with E-state index in [1.807, 2.05) is 65.6 Å². The summed E-state index contributed by atoms with van der Waals surface area (Å²) in [7, 11) is 3.35. The first-order valence-electron chi connectivity index (χ1n) is 14.0. The lowest BCUT2D eigenvalue weighted by molar-refractivity contribution is 0.414. The highest BCUT2D eigenvalue weighted by Crippen LogP contribution is 2.36. The van der Waals surface area contributed by atoms with E-state index in [4.69, 9.17) is 14.2 Å². The Morgan fingerprint density at radius 3 is 2.23 bits per heavy atom. The molecule has 0 aliphatic carbocycles. The maximum atomic E-state index is 6.42. The van der Waals surface area contributed by atoms with Crippen molar-refractivity contribution in [2.45, 2.75) is 13.8 Å². The molecule has 0 aliphatic rings. The second kappa shape index (κ2) is 10.7. The quantitative estimate of drug-likeness (QED) is 0.194. The second-order valence-corrected chi connectivity index (χ2v) is 10.5. The molecule has 7 rings (SSSR count). The van der Waals surface area contributed by atoms with Crippen molar-refractivity contribution in [2.75, 3.05) is 14.2 Å². The number of ether oxygens (including phenoxy) is 3. The molecule has 0 bridgehead atoms. The van der Waals surface area contributed by atoms with Gasteiger partial charge in [0.1, 0.15) is 28.8 Å². The molecule has 3 heterocycles. The molecule has 0 atom stereocenters. The van der Waals surface area contributed by atoms with E-state index in [0.29, 0.717) is 5.75 Å². The Balaban J connectivity index is 1.24. The molecule has 0 amide bonds. The lowest BCUT2D eigenvalue weighted by Gasteiger charge is -2.11. The van der Waals surface area contributed by atoms with E-state index in [-0.39, 0.29) is 0 Å². The zero-order valence-corrected chi connectivity index (χ0v) is 24.4. The minimum Gasteiger partial charge on any atom is -0.497 e. The summed E-state index contributed by atoms with van der Waals surface area (Å²) in [5.74, 6) is 3.82. The molecular formula is C36H30N4O3. The Kier molecular flexibility index (Phi) is 6.55. The molecule has 0 unspecified atom stereocenters. The topological polar surface area (TPSA) is 63.3 Å². The van der Waals surface area contributed by atoms with Crippen LogP contribution in [0.5, 0.6) is 23.0 Å². The highest BCUT2D eigenvalue weighted by Gasteiger charge is 2.15. The molecule has 3 aromatic heterocycles.